The molecule has 1 aliphatic rings. The van der Waals surface area contributed by atoms with Crippen LogP contribution in [0, 0.1) is 0 Å². The van der Waals surface area contributed by atoms with Crippen LogP contribution in [0.2, 0.25) is 0 Å². The topological polar surface area (TPSA) is 137 Å². The largest absolute Gasteiger partial charge is 0.494 e. The van der Waals surface area contributed by atoms with E-state index >= 15 is 0 Å². The van der Waals surface area contributed by atoms with E-state index in [2.05, 4.69) is 25.6 Å². The molecule has 1 fully saturated rings. The molecule has 36 heavy (non-hydrogen) atoms. The highest BCUT2D eigenvalue weighted by Gasteiger charge is 2.17. The zero-order valence-electron chi connectivity index (χ0n) is 20.5. The summed E-state index contributed by atoms with van der Waals surface area (Å²) in [7, 11) is 0. The molecule has 196 valence electrons. The summed E-state index contributed by atoms with van der Waals surface area (Å²) in [5.41, 5.74) is 4.01. The van der Waals surface area contributed by atoms with Crippen molar-refractivity contribution in [2.45, 2.75) is 76.7 Å². The Labute approximate surface area is 217 Å². The van der Waals surface area contributed by atoms with E-state index in [9.17, 15) is 4.79 Å². The molecule has 0 radical (unpaired) electrons. The van der Waals surface area contributed by atoms with Crippen molar-refractivity contribution in [2.24, 2.45) is 0 Å². The Morgan fingerprint density at radius 1 is 1.03 bits per heavy atom. The predicted molar refractivity (Wildman–Crippen MR) is 142 cm³/mol. The van der Waals surface area contributed by atoms with Gasteiger partial charge in [0.15, 0.2) is 11.5 Å². The number of hydroxylamine groups is 1. The number of carbonyl (C=O) groups is 1. The molecule has 4 rings (SSSR count). The molecule has 11 heteroatoms. The summed E-state index contributed by atoms with van der Waals surface area (Å²) < 4.78 is 5.84. The number of imidazole rings is 1. The number of hydrogen-bond acceptors (Lipinski definition) is 8. The van der Waals surface area contributed by atoms with Crippen molar-refractivity contribution in [3.05, 3.63) is 30.6 Å². The fourth-order valence-electron chi connectivity index (χ4n) is 4.36. The van der Waals surface area contributed by atoms with Gasteiger partial charge in [0.05, 0.1) is 12.9 Å². The number of benzene rings is 1. The zero-order valence-corrected chi connectivity index (χ0v) is 21.3. The van der Waals surface area contributed by atoms with Crippen LogP contribution in [0.5, 0.6) is 5.75 Å². The molecule has 3 aromatic rings. The molecule has 2 aromatic heterocycles. The number of nitrogens with one attached hydrogen (secondary N) is 4. The van der Waals surface area contributed by atoms with Crippen LogP contribution in [0.1, 0.15) is 70.6 Å². The summed E-state index contributed by atoms with van der Waals surface area (Å²) in [4.78, 5) is 27.7. The second-order valence-corrected chi connectivity index (χ2v) is 9.03. The maximum Gasteiger partial charge on any atom is 0.243 e. The first kappa shape index (κ1) is 27.5. The highest BCUT2D eigenvalue weighted by atomic mass is 35.5. The fraction of sp³-hybridized carbons (Fsp3) is 0.520. The van der Waals surface area contributed by atoms with Crippen LogP contribution in [0.25, 0.3) is 11.2 Å². The Balaban J connectivity index is 0.00000361. The quantitative estimate of drug-likeness (QED) is 0.114. The molecule has 1 aromatic carbocycles. The van der Waals surface area contributed by atoms with Crippen LogP contribution in [0.15, 0.2) is 30.6 Å². The third kappa shape index (κ3) is 8.23. The van der Waals surface area contributed by atoms with Crippen molar-refractivity contribution in [3.8, 4) is 5.75 Å². The smallest absolute Gasteiger partial charge is 0.243 e. The highest BCUT2D eigenvalue weighted by molar-refractivity contribution is 5.85. The van der Waals surface area contributed by atoms with Crippen molar-refractivity contribution in [1.29, 1.82) is 0 Å². The normalized spacial score (nSPS) is 13.7. The predicted octanol–water partition coefficient (Wildman–Crippen LogP) is 5.49. The van der Waals surface area contributed by atoms with E-state index < -0.39 is 0 Å². The number of hydrogen-bond donors (Lipinski definition) is 5. The molecule has 5 N–H and O–H groups in total. The maximum atomic E-state index is 11.0. The summed E-state index contributed by atoms with van der Waals surface area (Å²) in [6.45, 7) is 0.652. The Bertz CT molecular complexity index is 1070. The molecule has 0 spiro atoms. The van der Waals surface area contributed by atoms with Gasteiger partial charge in [-0.05, 0) is 49.9 Å². The molecule has 2 heterocycles. The molecule has 0 aliphatic heterocycles. The summed E-state index contributed by atoms with van der Waals surface area (Å²) in [6.07, 6.45) is 12.9. The number of H-pyrrole nitrogens is 1. The van der Waals surface area contributed by atoms with E-state index in [4.69, 9.17) is 14.9 Å². The number of rotatable bonds is 13. The Morgan fingerprint density at radius 2 is 1.78 bits per heavy atom. The van der Waals surface area contributed by atoms with Gasteiger partial charge in [-0.3, -0.25) is 10.0 Å². The molecule has 1 aliphatic carbocycles. The lowest BCUT2D eigenvalue weighted by Gasteiger charge is -2.23. The molecule has 1 amide bonds. The summed E-state index contributed by atoms with van der Waals surface area (Å²) in [5, 5.41) is 15.3. The molecular weight excluding hydrogens is 482 g/mol. The van der Waals surface area contributed by atoms with E-state index in [0.29, 0.717) is 30.7 Å². The van der Waals surface area contributed by atoms with Gasteiger partial charge in [0, 0.05) is 18.2 Å². The first-order valence-corrected chi connectivity index (χ1v) is 12.6. The van der Waals surface area contributed by atoms with Gasteiger partial charge in [-0.25, -0.2) is 10.5 Å². The molecule has 10 nitrogen and oxygen atoms in total. The van der Waals surface area contributed by atoms with E-state index in [0.717, 1.165) is 67.7 Å². The SMILES string of the molecule is Cl.O=C(CCCCCCCOc1ccc(Nc2nc(NC3CCCCC3)c3nc[nH]c3n2)cc1)NO. The number of halogens is 1. The van der Waals surface area contributed by atoms with Gasteiger partial charge >= 0.3 is 0 Å². The van der Waals surface area contributed by atoms with Gasteiger partial charge in [0.1, 0.15) is 11.3 Å². The lowest BCUT2D eigenvalue weighted by atomic mass is 9.95. The van der Waals surface area contributed by atoms with E-state index in [-0.39, 0.29) is 18.3 Å². The lowest BCUT2D eigenvalue weighted by Crippen LogP contribution is -2.23. The number of aromatic nitrogens is 4. The van der Waals surface area contributed by atoms with Gasteiger partial charge in [0.2, 0.25) is 11.9 Å². The van der Waals surface area contributed by atoms with Crippen molar-refractivity contribution in [1.82, 2.24) is 25.4 Å². The van der Waals surface area contributed by atoms with Gasteiger partial charge in [-0.1, -0.05) is 38.5 Å². The van der Waals surface area contributed by atoms with Crippen molar-refractivity contribution < 1.29 is 14.7 Å². The van der Waals surface area contributed by atoms with Crippen LogP contribution in [0.4, 0.5) is 17.5 Å². The Kier molecular flexibility index (Phi) is 11.0. The van der Waals surface area contributed by atoms with Crippen molar-refractivity contribution in [2.75, 3.05) is 17.2 Å². The number of amides is 1. The Hall–Kier alpha value is -3.11. The average Bonchev–Trinajstić information content (AvgIpc) is 3.36. The van der Waals surface area contributed by atoms with Gasteiger partial charge < -0.3 is 20.4 Å². The minimum Gasteiger partial charge on any atom is -0.494 e. The number of anilines is 3. The molecule has 0 saturated heterocycles. The standard InChI is InChI=1S/C25H35N7O3.ClH/c33-21(32-34)11-7-2-1-3-8-16-35-20-14-12-19(13-15-20)29-25-30-23-22(26-17-27-23)24(31-25)28-18-9-5-4-6-10-18;/h12-15,17-18,34H,1-11,16H2,(H,32,33)(H3,26,27,28,29,30,31);1H. The number of unbranched alkanes of at least 4 members (excludes halogenated alkanes) is 4. The monoisotopic (exact) mass is 517 g/mol. The third-order valence-electron chi connectivity index (χ3n) is 6.28. The number of carbonyl (C=O) groups excluding carboxylic acids is 1. The molecular formula is C25H36ClN7O3. The van der Waals surface area contributed by atoms with Gasteiger partial charge in [-0.15, -0.1) is 12.4 Å². The van der Waals surface area contributed by atoms with Crippen LogP contribution in [-0.2, 0) is 4.79 Å². The summed E-state index contributed by atoms with van der Waals surface area (Å²) >= 11 is 0. The van der Waals surface area contributed by atoms with E-state index in [1.165, 1.54) is 19.3 Å². The Morgan fingerprint density at radius 3 is 2.56 bits per heavy atom. The number of nitrogens with zero attached hydrogens (tertiary/aromatic N) is 3. The maximum absolute atomic E-state index is 11.0. The first-order chi connectivity index (χ1) is 17.2. The minimum atomic E-state index is -0.323. The first-order valence-electron chi connectivity index (χ1n) is 12.6. The number of aromatic amines is 1. The van der Waals surface area contributed by atoms with E-state index in [1.807, 2.05) is 24.3 Å². The second kappa shape index (κ2) is 14.4. The molecule has 1 saturated carbocycles. The minimum absolute atomic E-state index is 0. The molecule has 0 atom stereocenters. The lowest BCUT2D eigenvalue weighted by molar-refractivity contribution is -0.129. The number of fused-ring (bicyclic) bond motifs is 1. The molecule has 0 bridgehead atoms. The molecule has 0 unspecified atom stereocenters. The van der Waals surface area contributed by atoms with E-state index in [1.54, 1.807) is 11.8 Å². The summed E-state index contributed by atoms with van der Waals surface area (Å²) in [5.74, 6) is 1.78. The van der Waals surface area contributed by atoms with Crippen LogP contribution >= 0.6 is 12.4 Å². The number of ether oxygens (including phenoxy) is 1. The van der Waals surface area contributed by atoms with Crippen molar-refractivity contribution >= 4 is 46.9 Å². The van der Waals surface area contributed by atoms with Gasteiger partial charge in [0.25, 0.3) is 0 Å². The van der Waals surface area contributed by atoms with Crippen LogP contribution in [-0.4, -0.2) is 43.7 Å². The van der Waals surface area contributed by atoms with Crippen LogP contribution in [0.3, 0.4) is 0 Å². The third-order valence-corrected chi connectivity index (χ3v) is 6.28. The average molecular weight is 518 g/mol. The van der Waals surface area contributed by atoms with Crippen LogP contribution < -0.4 is 20.9 Å². The fourth-order valence-corrected chi connectivity index (χ4v) is 4.36. The summed E-state index contributed by atoms with van der Waals surface area (Å²) in [6, 6.07) is 8.21. The second-order valence-electron chi connectivity index (χ2n) is 9.03. The zero-order chi connectivity index (χ0) is 24.3. The van der Waals surface area contributed by atoms with Gasteiger partial charge in [-0.2, -0.15) is 9.97 Å². The highest BCUT2D eigenvalue weighted by Crippen LogP contribution is 2.26. The van der Waals surface area contributed by atoms with Crippen molar-refractivity contribution in [3.63, 3.8) is 0 Å².